The standard InChI is InChI=1S/C21H14FN3O3/c22-15-9-7-14(8-10-15)18(26)16-17(13-5-2-1-3-6-13)25(20(28)19(16)27)21-23-11-4-12-24-21/h1-12,17,26H. The first kappa shape index (κ1) is 17.5. The van der Waals surface area contributed by atoms with Gasteiger partial charge in [-0.05, 0) is 35.9 Å². The molecule has 138 valence electrons. The van der Waals surface area contributed by atoms with Gasteiger partial charge in [0.2, 0.25) is 5.95 Å². The third kappa shape index (κ3) is 2.92. The minimum absolute atomic E-state index is 0.0524. The van der Waals surface area contributed by atoms with E-state index in [4.69, 9.17) is 0 Å². The van der Waals surface area contributed by atoms with E-state index >= 15 is 0 Å². The van der Waals surface area contributed by atoms with Gasteiger partial charge in [-0.1, -0.05) is 30.3 Å². The van der Waals surface area contributed by atoms with Crippen molar-refractivity contribution in [3.05, 3.63) is 95.6 Å². The number of rotatable bonds is 3. The molecule has 1 unspecified atom stereocenters. The van der Waals surface area contributed by atoms with E-state index in [1.54, 1.807) is 36.4 Å². The molecule has 1 aromatic heterocycles. The second-order valence-electron chi connectivity index (χ2n) is 6.14. The number of carbonyl (C=O) groups is 2. The molecule has 2 aromatic carbocycles. The van der Waals surface area contributed by atoms with E-state index in [-0.39, 0.29) is 22.8 Å². The molecule has 28 heavy (non-hydrogen) atoms. The highest BCUT2D eigenvalue weighted by atomic mass is 19.1. The number of halogens is 1. The van der Waals surface area contributed by atoms with E-state index in [9.17, 15) is 19.1 Å². The second-order valence-corrected chi connectivity index (χ2v) is 6.14. The van der Waals surface area contributed by atoms with E-state index < -0.39 is 23.5 Å². The highest BCUT2D eigenvalue weighted by molar-refractivity contribution is 6.51. The number of Topliss-reactive ketones (excluding diaryl/α,β-unsaturated/α-hetero) is 1. The van der Waals surface area contributed by atoms with Crippen LogP contribution in [0.25, 0.3) is 5.76 Å². The number of nitrogens with zero attached hydrogens (tertiary/aromatic N) is 3. The Bertz CT molecular complexity index is 1070. The van der Waals surface area contributed by atoms with Gasteiger partial charge in [-0.25, -0.2) is 14.4 Å². The van der Waals surface area contributed by atoms with Gasteiger partial charge in [0.15, 0.2) is 0 Å². The predicted molar refractivity (Wildman–Crippen MR) is 99.7 cm³/mol. The molecule has 7 heteroatoms. The van der Waals surface area contributed by atoms with Crippen LogP contribution in [0.2, 0.25) is 0 Å². The number of ketones is 1. The Balaban J connectivity index is 1.94. The molecule has 1 fully saturated rings. The number of anilines is 1. The summed E-state index contributed by atoms with van der Waals surface area (Å²) in [5.41, 5.74) is 0.738. The Morgan fingerprint density at radius 2 is 1.57 bits per heavy atom. The lowest BCUT2D eigenvalue weighted by molar-refractivity contribution is -0.132. The molecule has 1 saturated heterocycles. The molecule has 1 aliphatic heterocycles. The second kappa shape index (κ2) is 7.03. The largest absolute Gasteiger partial charge is 0.507 e. The van der Waals surface area contributed by atoms with Gasteiger partial charge >= 0.3 is 5.91 Å². The lowest BCUT2D eigenvalue weighted by Crippen LogP contribution is -2.31. The van der Waals surface area contributed by atoms with Gasteiger partial charge in [-0.15, -0.1) is 0 Å². The van der Waals surface area contributed by atoms with Crippen molar-refractivity contribution in [2.24, 2.45) is 0 Å². The van der Waals surface area contributed by atoms with Crippen LogP contribution in [0.15, 0.2) is 78.6 Å². The van der Waals surface area contributed by atoms with Crippen LogP contribution in [0.1, 0.15) is 17.2 Å². The first-order valence-corrected chi connectivity index (χ1v) is 8.47. The third-order valence-electron chi connectivity index (χ3n) is 4.45. The van der Waals surface area contributed by atoms with Gasteiger partial charge in [0, 0.05) is 18.0 Å². The van der Waals surface area contributed by atoms with Crippen molar-refractivity contribution < 1.29 is 19.1 Å². The summed E-state index contributed by atoms with van der Waals surface area (Å²) in [6, 6.07) is 14.5. The first-order chi connectivity index (χ1) is 13.6. The average Bonchev–Trinajstić information content (AvgIpc) is 3.00. The van der Waals surface area contributed by atoms with Crippen molar-refractivity contribution in [1.29, 1.82) is 0 Å². The van der Waals surface area contributed by atoms with Crippen LogP contribution in [-0.4, -0.2) is 26.8 Å². The molecule has 0 bridgehead atoms. The molecule has 1 atom stereocenters. The van der Waals surface area contributed by atoms with Crippen LogP contribution < -0.4 is 4.90 Å². The van der Waals surface area contributed by atoms with E-state index in [1.807, 2.05) is 0 Å². The fourth-order valence-electron chi connectivity index (χ4n) is 3.17. The van der Waals surface area contributed by atoms with Gasteiger partial charge in [-0.2, -0.15) is 0 Å². The zero-order valence-corrected chi connectivity index (χ0v) is 14.5. The minimum atomic E-state index is -0.909. The van der Waals surface area contributed by atoms with Gasteiger partial charge in [-0.3, -0.25) is 14.5 Å². The summed E-state index contributed by atoms with van der Waals surface area (Å²) in [6.45, 7) is 0. The highest BCUT2D eigenvalue weighted by Gasteiger charge is 2.48. The molecule has 0 saturated carbocycles. The zero-order chi connectivity index (χ0) is 19.7. The molecule has 6 nitrogen and oxygen atoms in total. The molecular weight excluding hydrogens is 361 g/mol. The number of hydrogen-bond acceptors (Lipinski definition) is 5. The average molecular weight is 375 g/mol. The fourth-order valence-corrected chi connectivity index (χ4v) is 3.17. The quantitative estimate of drug-likeness (QED) is 0.432. The maximum Gasteiger partial charge on any atom is 0.302 e. The molecule has 1 amide bonds. The Morgan fingerprint density at radius 3 is 2.21 bits per heavy atom. The van der Waals surface area contributed by atoms with Gasteiger partial charge in [0.25, 0.3) is 5.78 Å². The van der Waals surface area contributed by atoms with Crippen LogP contribution in [0.4, 0.5) is 10.3 Å². The summed E-state index contributed by atoms with van der Waals surface area (Å²) in [5.74, 6) is -2.51. The number of aliphatic hydroxyl groups is 1. The normalized spacial score (nSPS) is 18.5. The summed E-state index contributed by atoms with van der Waals surface area (Å²) in [4.78, 5) is 34.9. The number of aliphatic hydroxyl groups excluding tert-OH is 1. The summed E-state index contributed by atoms with van der Waals surface area (Å²) >= 11 is 0. The third-order valence-corrected chi connectivity index (χ3v) is 4.45. The van der Waals surface area contributed by atoms with E-state index in [0.717, 1.165) is 4.90 Å². The molecule has 1 aliphatic rings. The molecule has 0 spiro atoms. The topological polar surface area (TPSA) is 83.4 Å². The predicted octanol–water partition coefficient (Wildman–Crippen LogP) is 3.24. The number of hydrogen-bond donors (Lipinski definition) is 1. The lowest BCUT2D eigenvalue weighted by atomic mass is 9.95. The van der Waals surface area contributed by atoms with Crippen LogP contribution in [0.5, 0.6) is 0 Å². The SMILES string of the molecule is O=C1C(=O)N(c2ncccn2)C(c2ccccc2)C1=C(O)c1ccc(F)cc1. The summed E-state index contributed by atoms with van der Waals surface area (Å²) in [5, 5.41) is 10.8. The Labute approximate surface area is 159 Å². The smallest absolute Gasteiger partial charge is 0.302 e. The zero-order valence-electron chi connectivity index (χ0n) is 14.5. The van der Waals surface area contributed by atoms with Crippen molar-refractivity contribution in [2.75, 3.05) is 4.90 Å². The summed E-state index contributed by atoms with van der Waals surface area (Å²) in [7, 11) is 0. The molecule has 0 aliphatic carbocycles. The Morgan fingerprint density at radius 1 is 0.929 bits per heavy atom. The van der Waals surface area contributed by atoms with Gasteiger partial charge in [0.1, 0.15) is 11.6 Å². The van der Waals surface area contributed by atoms with E-state index in [1.165, 1.54) is 36.7 Å². The summed E-state index contributed by atoms with van der Waals surface area (Å²) in [6.07, 6.45) is 2.92. The molecule has 4 rings (SSSR count). The molecule has 1 N–H and O–H groups in total. The fraction of sp³-hybridized carbons (Fsp3) is 0.0476. The van der Waals surface area contributed by atoms with Crippen LogP contribution >= 0.6 is 0 Å². The number of carbonyl (C=O) groups excluding carboxylic acids is 2. The summed E-state index contributed by atoms with van der Waals surface area (Å²) < 4.78 is 13.2. The first-order valence-electron chi connectivity index (χ1n) is 8.47. The number of aromatic nitrogens is 2. The van der Waals surface area contributed by atoms with E-state index in [2.05, 4.69) is 9.97 Å². The molecule has 2 heterocycles. The Hall–Kier alpha value is -3.87. The van der Waals surface area contributed by atoms with Crippen molar-refractivity contribution in [3.8, 4) is 0 Å². The van der Waals surface area contributed by atoms with Crippen molar-refractivity contribution in [2.45, 2.75) is 6.04 Å². The van der Waals surface area contributed by atoms with Gasteiger partial charge < -0.3 is 5.11 Å². The molecule has 3 aromatic rings. The molecule has 0 radical (unpaired) electrons. The Kier molecular flexibility index (Phi) is 4.41. The lowest BCUT2D eigenvalue weighted by Gasteiger charge is -2.23. The minimum Gasteiger partial charge on any atom is -0.507 e. The monoisotopic (exact) mass is 375 g/mol. The van der Waals surface area contributed by atoms with Crippen LogP contribution in [-0.2, 0) is 9.59 Å². The maximum absolute atomic E-state index is 13.2. The van der Waals surface area contributed by atoms with Crippen molar-refractivity contribution in [3.63, 3.8) is 0 Å². The van der Waals surface area contributed by atoms with Crippen LogP contribution in [0.3, 0.4) is 0 Å². The van der Waals surface area contributed by atoms with Crippen LogP contribution in [0, 0.1) is 5.82 Å². The van der Waals surface area contributed by atoms with Crippen molar-refractivity contribution >= 4 is 23.4 Å². The van der Waals surface area contributed by atoms with Gasteiger partial charge in [0.05, 0.1) is 11.6 Å². The number of amides is 1. The highest BCUT2D eigenvalue weighted by Crippen LogP contribution is 2.40. The van der Waals surface area contributed by atoms with Crippen molar-refractivity contribution in [1.82, 2.24) is 9.97 Å². The molecular formula is C21H14FN3O3. The maximum atomic E-state index is 13.2. The van der Waals surface area contributed by atoms with E-state index in [0.29, 0.717) is 5.56 Å². The number of benzene rings is 2.